The molecular weight excluding hydrogens is 240 g/mol. The number of aliphatic hydroxyl groups excluding tert-OH is 1. The van der Waals surface area contributed by atoms with Gasteiger partial charge in [0, 0.05) is 0 Å². The minimum absolute atomic E-state index is 0.0332. The third-order valence-electron chi connectivity index (χ3n) is 2.12. The Morgan fingerprint density at radius 2 is 2.12 bits per heavy atom. The Morgan fingerprint density at radius 3 is 2.71 bits per heavy atom. The number of aliphatic hydroxyl groups is 1. The number of benzene rings is 1. The molecule has 6 heteroatoms. The lowest BCUT2D eigenvalue weighted by Gasteiger charge is -2.08. The molecule has 2 rings (SSSR count). The van der Waals surface area contributed by atoms with Crippen LogP contribution in [-0.4, -0.2) is 22.4 Å². The molecule has 0 saturated heterocycles. The maximum atomic E-state index is 9.02. The van der Waals surface area contributed by atoms with E-state index in [1.807, 2.05) is 6.92 Å². The second-order valence-corrected chi connectivity index (χ2v) is 4.48. The minimum Gasteiger partial charge on any atom is -0.493 e. The van der Waals surface area contributed by atoms with Crippen LogP contribution in [0.2, 0.25) is 0 Å². The second-order valence-electron chi connectivity index (χ2n) is 3.33. The highest BCUT2D eigenvalue weighted by Gasteiger charge is 2.09. The number of nitrogens with zero attached hydrogens (tertiary/aromatic N) is 2. The van der Waals surface area contributed by atoms with Gasteiger partial charge in [-0.05, 0) is 24.6 Å². The number of aromatic nitrogens is 2. The van der Waals surface area contributed by atoms with Crippen LogP contribution in [-0.2, 0) is 6.61 Å². The van der Waals surface area contributed by atoms with E-state index < -0.39 is 0 Å². The number of rotatable bonds is 4. The summed E-state index contributed by atoms with van der Waals surface area (Å²) in [7, 11) is 1.55. The fraction of sp³-hybridized carbons (Fsp3) is 0.273. The zero-order valence-electron chi connectivity index (χ0n) is 9.51. The monoisotopic (exact) mass is 252 g/mol. The zero-order valence-corrected chi connectivity index (χ0v) is 10.3. The van der Waals surface area contributed by atoms with Crippen molar-refractivity contribution in [2.24, 2.45) is 0 Å². The van der Waals surface area contributed by atoms with Crippen molar-refractivity contribution in [1.29, 1.82) is 0 Å². The minimum atomic E-state index is -0.0332. The first-order valence-corrected chi connectivity index (χ1v) is 5.80. The van der Waals surface area contributed by atoms with Crippen LogP contribution < -0.4 is 9.47 Å². The van der Waals surface area contributed by atoms with E-state index in [2.05, 4.69) is 10.2 Å². The Bertz CT molecular complexity index is 513. The average Bonchev–Trinajstić information content (AvgIpc) is 2.75. The molecule has 17 heavy (non-hydrogen) atoms. The summed E-state index contributed by atoms with van der Waals surface area (Å²) < 4.78 is 10.7. The van der Waals surface area contributed by atoms with Crippen LogP contribution in [0.25, 0.3) is 0 Å². The molecule has 0 aliphatic carbocycles. The molecule has 1 N–H and O–H groups in total. The molecule has 0 fully saturated rings. The zero-order chi connectivity index (χ0) is 12.3. The van der Waals surface area contributed by atoms with Gasteiger partial charge in [-0.15, -0.1) is 5.10 Å². The number of ether oxygens (including phenoxy) is 2. The molecular formula is C11H12N2O3S. The van der Waals surface area contributed by atoms with Crippen molar-refractivity contribution in [2.45, 2.75) is 13.5 Å². The molecule has 90 valence electrons. The molecule has 0 spiro atoms. The van der Waals surface area contributed by atoms with E-state index in [9.17, 15) is 0 Å². The Kier molecular flexibility index (Phi) is 3.55. The maximum Gasteiger partial charge on any atom is 0.299 e. The van der Waals surface area contributed by atoms with Crippen molar-refractivity contribution in [3.05, 3.63) is 28.8 Å². The molecule has 0 saturated carbocycles. The number of hydrogen-bond donors (Lipinski definition) is 1. The Morgan fingerprint density at radius 1 is 1.29 bits per heavy atom. The summed E-state index contributed by atoms with van der Waals surface area (Å²) in [5.41, 5.74) is 0.766. The Balaban J connectivity index is 2.26. The Hall–Kier alpha value is -1.66. The van der Waals surface area contributed by atoms with Crippen molar-refractivity contribution < 1.29 is 14.6 Å². The van der Waals surface area contributed by atoms with Crippen molar-refractivity contribution in [2.75, 3.05) is 7.11 Å². The maximum absolute atomic E-state index is 9.02. The van der Waals surface area contributed by atoms with E-state index in [1.54, 1.807) is 25.3 Å². The molecule has 1 aromatic heterocycles. The highest BCUT2D eigenvalue weighted by atomic mass is 32.1. The van der Waals surface area contributed by atoms with Gasteiger partial charge >= 0.3 is 0 Å². The third kappa shape index (κ3) is 2.72. The molecule has 0 unspecified atom stereocenters. The summed E-state index contributed by atoms with van der Waals surface area (Å²) in [4.78, 5) is 0. The van der Waals surface area contributed by atoms with E-state index in [4.69, 9.17) is 14.6 Å². The first kappa shape index (κ1) is 11.8. The van der Waals surface area contributed by atoms with Crippen LogP contribution in [0.4, 0.5) is 0 Å². The van der Waals surface area contributed by atoms with Gasteiger partial charge in [0.1, 0.15) is 5.01 Å². The summed E-state index contributed by atoms with van der Waals surface area (Å²) in [6, 6.07) is 5.23. The first-order valence-electron chi connectivity index (χ1n) is 4.98. The van der Waals surface area contributed by atoms with Crippen LogP contribution in [0.5, 0.6) is 16.7 Å². The van der Waals surface area contributed by atoms with E-state index in [-0.39, 0.29) is 6.61 Å². The fourth-order valence-electron chi connectivity index (χ4n) is 1.31. The molecule has 5 nitrogen and oxygen atoms in total. The summed E-state index contributed by atoms with van der Waals surface area (Å²) in [6.45, 7) is 1.82. The van der Waals surface area contributed by atoms with Gasteiger partial charge < -0.3 is 14.6 Å². The lowest BCUT2D eigenvalue weighted by atomic mass is 10.2. The van der Waals surface area contributed by atoms with Crippen LogP contribution >= 0.6 is 11.3 Å². The van der Waals surface area contributed by atoms with Gasteiger partial charge in [0.05, 0.1) is 13.7 Å². The highest BCUT2D eigenvalue weighted by molar-refractivity contribution is 7.13. The molecule has 0 bridgehead atoms. The summed E-state index contributed by atoms with van der Waals surface area (Å²) in [5, 5.41) is 18.1. The lowest BCUT2D eigenvalue weighted by Crippen LogP contribution is -1.92. The van der Waals surface area contributed by atoms with Crippen molar-refractivity contribution in [3.63, 3.8) is 0 Å². The SMILES string of the molecule is COc1cc(CO)ccc1Oc1nnc(C)s1. The first-order chi connectivity index (χ1) is 8.22. The molecule has 0 atom stereocenters. The molecule has 0 amide bonds. The van der Waals surface area contributed by atoms with Crippen LogP contribution in [0.3, 0.4) is 0 Å². The highest BCUT2D eigenvalue weighted by Crippen LogP contribution is 2.33. The van der Waals surface area contributed by atoms with Crippen molar-refractivity contribution in [3.8, 4) is 16.7 Å². The van der Waals surface area contributed by atoms with Gasteiger partial charge in [0.2, 0.25) is 0 Å². The van der Waals surface area contributed by atoms with Crippen LogP contribution in [0.1, 0.15) is 10.6 Å². The van der Waals surface area contributed by atoms with Gasteiger partial charge in [-0.2, -0.15) is 0 Å². The topological polar surface area (TPSA) is 64.5 Å². The van der Waals surface area contributed by atoms with Gasteiger partial charge in [0.25, 0.3) is 5.19 Å². The standard InChI is InChI=1S/C11H12N2O3S/c1-7-12-13-11(17-7)16-9-4-3-8(6-14)5-10(9)15-2/h3-5,14H,6H2,1-2H3. The van der Waals surface area contributed by atoms with Crippen molar-refractivity contribution in [1.82, 2.24) is 10.2 Å². The largest absolute Gasteiger partial charge is 0.493 e. The van der Waals surface area contributed by atoms with E-state index in [1.165, 1.54) is 11.3 Å². The predicted molar refractivity (Wildman–Crippen MR) is 63.6 cm³/mol. The molecule has 2 aromatic rings. The van der Waals surface area contributed by atoms with Gasteiger partial charge in [-0.1, -0.05) is 22.5 Å². The Labute approximate surface area is 103 Å². The number of aryl methyl sites for hydroxylation is 1. The quantitative estimate of drug-likeness (QED) is 0.903. The number of hydrogen-bond acceptors (Lipinski definition) is 6. The van der Waals surface area contributed by atoms with Gasteiger partial charge in [-0.25, -0.2) is 0 Å². The van der Waals surface area contributed by atoms with Crippen LogP contribution in [0, 0.1) is 6.92 Å². The summed E-state index contributed by atoms with van der Waals surface area (Å²) in [5.74, 6) is 1.12. The lowest BCUT2D eigenvalue weighted by molar-refractivity contribution is 0.280. The predicted octanol–water partition coefficient (Wildman–Crippen LogP) is 2.14. The average molecular weight is 252 g/mol. The molecule has 0 radical (unpaired) electrons. The smallest absolute Gasteiger partial charge is 0.299 e. The van der Waals surface area contributed by atoms with Gasteiger partial charge in [-0.3, -0.25) is 0 Å². The molecule has 0 aliphatic heterocycles. The fourth-order valence-corrected chi connectivity index (χ4v) is 1.86. The molecule has 1 heterocycles. The molecule has 1 aromatic carbocycles. The summed E-state index contributed by atoms with van der Waals surface area (Å²) >= 11 is 1.36. The molecule has 0 aliphatic rings. The second kappa shape index (κ2) is 5.11. The van der Waals surface area contributed by atoms with E-state index in [0.717, 1.165) is 10.6 Å². The van der Waals surface area contributed by atoms with E-state index >= 15 is 0 Å². The number of methoxy groups -OCH3 is 1. The van der Waals surface area contributed by atoms with E-state index in [0.29, 0.717) is 16.7 Å². The summed E-state index contributed by atoms with van der Waals surface area (Å²) in [6.07, 6.45) is 0. The third-order valence-corrected chi connectivity index (χ3v) is 2.83. The normalized spacial score (nSPS) is 10.3. The van der Waals surface area contributed by atoms with Crippen LogP contribution in [0.15, 0.2) is 18.2 Å². The van der Waals surface area contributed by atoms with Gasteiger partial charge in [0.15, 0.2) is 11.5 Å². The van der Waals surface area contributed by atoms with Crippen molar-refractivity contribution >= 4 is 11.3 Å².